The van der Waals surface area contributed by atoms with Gasteiger partial charge in [0.05, 0.1) is 7.11 Å². The van der Waals surface area contributed by atoms with Gasteiger partial charge in [-0.2, -0.15) is 0 Å². The van der Waals surface area contributed by atoms with Gasteiger partial charge in [-0.1, -0.05) is 13.8 Å². The molecule has 170 valence electrons. The van der Waals surface area contributed by atoms with Gasteiger partial charge in [-0.05, 0) is 47.7 Å². The van der Waals surface area contributed by atoms with E-state index in [1.54, 1.807) is 30.6 Å². The predicted molar refractivity (Wildman–Crippen MR) is 123 cm³/mol. The number of carbonyl (C=O) groups is 2. The summed E-state index contributed by atoms with van der Waals surface area (Å²) in [6.07, 6.45) is 4.29. The Morgan fingerprint density at radius 3 is 2.58 bits per heavy atom. The van der Waals surface area contributed by atoms with Crippen molar-refractivity contribution in [3.8, 4) is 11.5 Å². The van der Waals surface area contributed by atoms with Gasteiger partial charge >= 0.3 is 0 Å². The van der Waals surface area contributed by atoms with Crippen LogP contribution in [0.25, 0.3) is 0 Å². The van der Waals surface area contributed by atoms with Crippen LogP contribution < -0.4 is 20.3 Å². The van der Waals surface area contributed by atoms with Crippen molar-refractivity contribution in [1.82, 2.24) is 9.97 Å². The number of aromatic amines is 1. The quantitative estimate of drug-likeness (QED) is 0.595. The maximum absolute atomic E-state index is 12.9. The number of pyridine rings is 2. The average Bonchev–Trinajstić information content (AvgIpc) is 2.77. The highest BCUT2D eigenvalue weighted by Crippen LogP contribution is 2.34. The summed E-state index contributed by atoms with van der Waals surface area (Å²) in [6.45, 7) is 4.24. The van der Waals surface area contributed by atoms with E-state index in [1.807, 2.05) is 26.0 Å². The van der Waals surface area contributed by atoms with Crippen LogP contribution in [0.2, 0.25) is 0 Å². The minimum absolute atomic E-state index is 0.0807. The molecule has 0 saturated heterocycles. The number of aromatic nitrogens is 2. The third kappa shape index (κ3) is 4.95. The number of anilines is 1. The molecule has 4 rings (SSSR count). The number of hydrogen-bond donors (Lipinski definition) is 2. The number of nitrogens with one attached hydrogen (secondary N) is 2. The third-order valence-corrected chi connectivity index (χ3v) is 5.53. The molecule has 1 aromatic carbocycles. The lowest BCUT2D eigenvalue weighted by atomic mass is 9.75. The van der Waals surface area contributed by atoms with Gasteiger partial charge in [0.1, 0.15) is 12.2 Å². The summed E-state index contributed by atoms with van der Waals surface area (Å²) in [6, 6.07) is 10.0. The number of amides is 1. The van der Waals surface area contributed by atoms with Crippen molar-refractivity contribution in [2.75, 3.05) is 12.4 Å². The zero-order valence-electron chi connectivity index (χ0n) is 18.7. The van der Waals surface area contributed by atoms with E-state index in [4.69, 9.17) is 9.47 Å². The Bertz CT molecular complexity index is 1260. The number of Topliss-reactive ketones (excluding diaryl/α,β-unsaturated/α-hetero) is 1. The van der Waals surface area contributed by atoms with Crippen LogP contribution in [-0.2, 0) is 13.0 Å². The second-order valence-electron chi connectivity index (χ2n) is 8.81. The smallest absolute Gasteiger partial charge is 0.261 e. The standard InChI is InChI=1S/C25H25N3O5/c1-25(2)12-19-17(20(29)13-25)11-18(24(31)28-19)23(30)27-16-4-5-21(32-3)22(10-16)33-14-15-6-8-26-9-7-15/h4-11H,12-14H2,1-3H3,(H,27,30)(H,28,31). The fourth-order valence-corrected chi connectivity index (χ4v) is 3.90. The molecule has 33 heavy (non-hydrogen) atoms. The van der Waals surface area contributed by atoms with E-state index in [9.17, 15) is 14.4 Å². The number of H-pyrrole nitrogens is 1. The monoisotopic (exact) mass is 447 g/mol. The minimum Gasteiger partial charge on any atom is -0.493 e. The van der Waals surface area contributed by atoms with Gasteiger partial charge < -0.3 is 19.8 Å². The zero-order chi connectivity index (χ0) is 23.6. The molecule has 1 aliphatic rings. The van der Waals surface area contributed by atoms with Crippen LogP contribution in [0.1, 0.15) is 52.2 Å². The molecule has 2 aromatic heterocycles. The van der Waals surface area contributed by atoms with Crippen molar-refractivity contribution in [2.45, 2.75) is 33.3 Å². The molecule has 0 saturated carbocycles. The summed E-state index contributed by atoms with van der Waals surface area (Å²) in [5.41, 5.74) is 1.46. The van der Waals surface area contributed by atoms with E-state index in [0.717, 1.165) is 5.56 Å². The highest BCUT2D eigenvalue weighted by molar-refractivity contribution is 6.06. The number of benzene rings is 1. The van der Waals surface area contributed by atoms with E-state index in [-0.39, 0.29) is 16.8 Å². The van der Waals surface area contributed by atoms with Crippen LogP contribution >= 0.6 is 0 Å². The van der Waals surface area contributed by atoms with E-state index in [2.05, 4.69) is 15.3 Å². The number of carbonyl (C=O) groups excluding carboxylic acids is 2. The van der Waals surface area contributed by atoms with Crippen LogP contribution in [0, 0.1) is 5.41 Å². The fraction of sp³-hybridized carbons (Fsp3) is 0.280. The maximum Gasteiger partial charge on any atom is 0.261 e. The summed E-state index contributed by atoms with van der Waals surface area (Å²) in [7, 11) is 1.53. The number of ether oxygens (including phenoxy) is 2. The van der Waals surface area contributed by atoms with Gasteiger partial charge in [-0.3, -0.25) is 19.4 Å². The lowest BCUT2D eigenvalue weighted by Crippen LogP contribution is -2.32. The molecule has 0 aliphatic heterocycles. The Labute approximate surface area is 191 Å². The number of rotatable bonds is 6. The van der Waals surface area contributed by atoms with Gasteiger partial charge in [0, 0.05) is 41.8 Å². The van der Waals surface area contributed by atoms with Crippen molar-refractivity contribution >= 4 is 17.4 Å². The van der Waals surface area contributed by atoms with E-state index >= 15 is 0 Å². The molecule has 0 unspecified atom stereocenters. The first kappa shape index (κ1) is 22.3. The molecule has 8 nitrogen and oxygen atoms in total. The second kappa shape index (κ2) is 8.90. The van der Waals surface area contributed by atoms with Crippen molar-refractivity contribution in [3.63, 3.8) is 0 Å². The number of ketones is 1. The van der Waals surface area contributed by atoms with Gasteiger partial charge in [-0.25, -0.2) is 0 Å². The van der Waals surface area contributed by atoms with E-state index < -0.39 is 11.5 Å². The van der Waals surface area contributed by atoms with Crippen molar-refractivity contribution in [1.29, 1.82) is 0 Å². The van der Waals surface area contributed by atoms with Crippen LogP contribution in [0.3, 0.4) is 0 Å². The molecule has 0 spiro atoms. The molecule has 1 amide bonds. The molecule has 0 bridgehead atoms. The highest BCUT2D eigenvalue weighted by Gasteiger charge is 2.32. The molecule has 2 N–H and O–H groups in total. The molecular formula is C25H25N3O5. The molecular weight excluding hydrogens is 422 g/mol. The lowest BCUT2D eigenvalue weighted by Gasteiger charge is -2.29. The fourth-order valence-electron chi connectivity index (χ4n) is 3.90. The average molecular weight is 447 g/mol. The first-order valence-electron chi connectivity index (χ1n) is 10.6. The molecule has 0 fully saturated rings. The maximum atomic E-state index is 12.9. The molecule has 3 aromatic rings. The normalized spacial score (nSPS) is 14.3. The second-order valence-corrected chi connectivity index (χ2v) is 8.81. The number of hydrogen-bond acceptors (Lipinski definition) is 6. The number of methoxy groups -OCH3 is 1. The highest BCUT2D eigenvalue weighted by atomic mass is 16.5. The zero-order valence-corrected chi connectivity index (χ0v) is 18.7. The SMILES string of the molecule is COc1ccc(NC(=O)c2cc3c([nH]c2=O)CC(C)(C)CC3=O)cc1OCc1ccncc1. The minimum atomic E-state index is -0.609. The van der Waals surface area contributed by atoms with Crippen LogP contribution in [0.4, 0.5) is 5.69 Å². The first-order chi connectivity index (χ1) is 15.8. The molecule has 8 heteroatoms. The topological polar surface area (TPSA) is 110 Å². The van der Waals surface area contributed by atoms with Gasteiger partial charge in [-0.15, -0.1) is 0 Å². The van der Waals surface area contributed by atoms with Gasteiger partial charge in [0.2, 0.25) is 0 Å². The van der Waals surface area contributed by atoms with Crippen LogP contribution in [-0.4, -0.2) is 28.8 Å². The van der Waals surface area contributed by atoms with Crippen molar-refractivity contribution in [2.24, 2.45) is 5.41 Å². The summed E-state index contributed by atoms with van der Waals surface area (Å²) in [5.74, 6) is 0.246. The van der Waals surface area contributed by atoms with Crippen molar-refractivity contribution < 1.29 is 19.1 Å². The number of fused-ring (bicyclic) bond motifs is 1. The van der Waals surface area contributed by atoms with Crippen LogP contribution in [0.5, 0.6) is 11.5 Å². The Kier molecular flexibility index (Phi) is 6.00. The van der Waals surface area contributed by atoms with E-state index in [0.29, 0.717) is 47.9 Å². The summed E-state index contributed by atoms with van der Waals surface area (Å²) < 4.78 is 11.2. The molecule has 0 atom stereocenters. The molecule has 1 aliphatic carbocycles. The largest absolute Gasteiger partial charge is 0.493 e. The molecule has 0 radical (unpaired) electrons. The third-order valence-electron chi connectivity index (χ3n) is 5.53. The Morgan fingerprint density at radius 2 is 1.85 bits per heavy atom. The number of nitrogens with zero attached hydrogens (tertiary/aromatic N) is 1. The summed E-state index contributed by atoms with van der Waals surface area (Å²) in [5, 5.41) is 2.71. The van der Waals surface area contributed by atoms with Crippen LogP contribution in [0.15, 0.2) is 53.6 Å². The Hall–Kier alpha value is -3.94. The van der Waals surface area contributed by atoms with Gasteiger partial charge in [0.25, 0.3) is 11.5 Å². The first-order valence-corrected chi connectivity index (χ1v) is 10.6. The molecule has 2 heterocycles. The summed E-state index contributed by atoms with van der Waals surface area (Å²) in [4.78, 5) is 44.7. The van der Waals surface area contributed by atoms with Crippen molar-refractivity contribution in [3.05, 3.63) is 81.5 Å². The predicted octanol–water partition coefficient (Wildman–Crippen LogP) is 3.76. The van der Waals surface area contributed by atoms with Gasteiger partial charge in [0.15, 0.2) is 17.3 Å². The Morgan fingerprint density at radius 1 is 1.09 bits per heavy atom. The summed E-state index contributed by atoms with van der Waals surface area (Å²) >= 11 is 0. The van der Waals surface area contributed by atoms with E-state index in [1.165, 1.54) is 13.2 Å². The lowest BCUT2D eigenvalue weighted by molar-refractivity contribution is 0.0910. The Balaban J connectivity index is 1.56.